The topological polar surface area (TPSA) is 58.0 Å². The van der Waals surface area contributed by atoms with Crippen LogP contribution in [0.15, 0.2) is 18.6 Å². The van der Waals surface area contributed by atoms with Crippen LogP contribution in [-0.4, -0.2) is 27.7 Å². The van der Waals surface area contributed by atoms with Crippen molar-refractivity contribution in [3.8, 4) is 0 Å². The number of hydrogen-bond acceptors (Lipinski definition) is 4. The molecule has 0 bridgehead atoms. The molecule has 0 saturated heterocycles. The van der Waals surface area contributed by atoms with Gasteiger partial charge in [0.15, 0.2) is 0 Å². The Labute approximate surface area is 78.0 Å². The fourth-order valence-corrected chi connectivity index (χ4v) is 1.01. The zero-order valence-electron chi connectivity index (χ0n) is 7.77. The highest BCUT2D eigenvalue weighted by atomic mass is 16.3. The smallest absolute Gasteiger partial charge is 0.0724 e. The van der Waals surface area contributed by atoms with E-state index >= 15 is 0 Å². The Bertz CT molecular complexity index is 224. The molecule has 13 heavy (non-hydrogen) atoms. The van der Waals surface area contributed by atoms with Crippen LogP contribution in [0.4, 0.5) is 0 Å². The molecule has 0 radical (unpaired) electrons. The van der Waals surface area contributed by atoms with Gasteiger partial charge in [-0.3, -0.25) is 9.97 Å². The molecule has 0 spiro atoms. The van der Waals surface area contributed by atoms with Gasteiger partial charge in [0.2, 0.25) is 0 Å². The molecule has 0 fully saturated rings. The summed E-state index contributed by atoms with van der Waals surface area (Å²) in [6, 6.07) is 0.155. The van der Waals surface area contributed by atoms with Crippen LogP contribution in [0.25, 0.3) is 0 Å². The van der Waals surface area contributed by atoms with E-state index in [1.807, 2.05) is 6.92 Å². The Balaban J connectivity index is 2.34. The first-order valence-electron chi connectivity index (χ1n) is 4.46. The molecule has 0 aliphatic heterocycles. The van der Waals surface area contributed by atoms with Gasteiger partial charge in [0, 0.05) is 31.2 Å². The lowest BCUT2D eigenvalue weighted by molar-refractivity contribution is 0.238. The normalized spacial score (nSPS) is 12.8. The lowest BCUT2D eigenvalue weighted by Crippen LogP contribution is -2.31. The van der Waals surface area contributed by atoms with Crippen molar-refractivity contribution in [2.24, 2.45) is 0 Å². The van der Waals surface area contributed by atoms with E-state index in [0.717, 1.165) is 12.1 Å². The van der Waals surface area contributed by atoms with Gasteiger partial charge in [0.1, 0.15) is 0 Å². The minimum absolute atomic E-state index is 0.155. The second-order valence-corrected chi connectivity index (χ2v) is 2.87. The third-order valence-corrected chi connectivity index (χ3v) is 1.90. The van der Waals surface area contributed by atoms with Crippen molar-refractivity contribution >= 4 is 0 Å². The van der Waals surface area contributed by atoms with Crippen molar-refractivity contribution in [1.29, 1.82) is 0 Å². The van der Waals surface area contributed by atoms with Crippen molar-refractivity contribution in [3.05, 3.63) is 24.3 Å². The maximum atomic E-state index is 8.91. The van der Waals surface area contributed by atoms with Crippen LogP contribution >= 0.6 is 0 Å². The number of nitrogens with one attached hydrogen (secondary N) is 1. The number of rotatable bonds is 5. The summed E-state index contributed by atoms with van der Waals surface area (Å²) in [4.78, 5) is 8.06. The number of aliphatic hydroxyl groups is 1. The Hall–Kier alpha value is -1.00. The second-order valence-electron chi connectivity index (χ2n) is 2.87. The lowest BCUT2D eigenvalue weighted by atomic mass is 10.2. The number of aromatic nitrogens is 2. The molecule has 0 aliphatic carbocycles. The molecule has 1 unspecified atom stereocenters. The van der Waals surface area contributed by atoms with Crippen molar-refractivity contribution < 1.29 is 5.11 Å². The molecule has 1 aromatic rings. The van der Waals surface area contributed by atoms with Crippen molar-refractivity contribution in [1.82, 2.24) is 15.3 Å². The molecular formula is C9H15N3O. The van der Waals surface area contributed by atoms with E-state index < -0.39 is 0 Å². The Kier molecular flexibility index (Phi) is 4.35. The average Bonchev–Trinajstić information content (AvgIpc) is 2.21. The first-order chi connectivity index (χ1) is 6.36. The maximum Gasteiger partial charge on any atom is 0.0724 e. The highest BCUT2D eigenvalue weighted by molar-refractivity contribution is 4.94. The Morgan fingerprint density at radius 1 is 1.54 bits per heavy atom. The minimum Gasteiger partial charge on any atom is -0.395 e. The first kappa shape index (κ1) is 10.1. The standard InChI is InChI=1S/C9H15N3O/c1-2-8(7-13)12-6-9-5-10-3-4-11-9/h3-5,8,12-13H,2,6-7H2,1H3. The molecule has 72 valence electrons. The molecule has 0 aromatic carbocycles. The summed E-state index contributed by atoms with van der Waals surface area (Å²) in [6.45, 7) is 2.86. The first-order valence-corrected chi connectivity index (χ1v) is 4.46. The third kappa shape index (κ3) is 3.48. The van der Waals surface area contributed by atoms with Gasteiger partial charge in [0.25, 0.3) is 0 Å². The monoisotopic (exact) mass is 181 g/mol. The molecule has 0 amide bonds. The van der Waals surface area contributed by atoms with Gasteiger partial charge in [-0.15, -0.1) is 0 Å². The van der Waals surface area contributed by atoms with Gasteiger partial charge in [-0.2, -0.15) is 0 Å². The van der Waals surface area contributed by atoms with E-state index in [4.69, 9.17) is 5.11 Å². The fraction of sp³-hybridized carbons (Fsp3) is 0.556. The summed E-state index contributed by atoms with van der Waals surface area (Å²) in [5.74, 6) is 0. The summed E-state index contributed by atoms with van der Waals surface area (Å²) in [5, 5.41) is 12.1. The van der Waals surface area contributed by atoms with Gasteiger partial charge < -0.3 is 10.4 Å². The predicted octanol–water partition coefficient (Wildman–Crippen LogP) is 0.337. The van der Waals surface area contributed by atoms with E-state index in [9.17, 15) is 0 Å². The van der Waals surface area contributed by atoms with Crippen LogP contribution in [0.1, 0.15) is 19.0 Å². The third-order valence-electron chi connectivity index (χ3n) is 1.90. The zero-order valence-corrected chi connectivity index (χ0v) is 7.77. The summed E-state index contributed by atoms with van der Waals surface area (Å²) < 4.78 is 0. The van der Waals surface area contributed by atoms with E-state index in [0.29, 0.717) is 6.54 Å². The molecule has 2 N–H and O–H groups in total. The summed E-state index contributed by atoms with van der Waals surface area (Å²) in [6.07, 6.45) is 5.94. The SMILES string of the molecule is CCC(CO)NCc1cnccn1. The van der Waals surface area contributed by atoms with Gasteiger partial charge in [-0.1, -0.05) is 6.92 Å². The van der Waals surface area contributed by atoms with Crippen LogP contribution in [0, 0.1) is 0 Å². The van der Waals surface area contributed by atoms with E-state index in [2.05, 4.69) is 15.3 Å². The van der Waals surface area contributed by atoms with Crippen molar-refractivity contribution in [2.45, 2.75) is 25.9 Å². The largest absolute Gasteiger partial charge is 0.395 e. The predicted molar refractivity (Wildman–Crippen MR) is 50.0 cm³/mol. The highest BCUT2D eigenvalue weighted by Crippen LogP contribution is 1.93. The molecule has 0 saturated carbocycles. The zero-order chi connectivity index (χ0) is 9.52. The summed E-state index contributed by atoms with van der Waals surface area (Å²) in [5.41, 5.74) is 0.898. The molecule has 1 aromatic heterocycles. The quantitative estimate of drug-likeness (QED) is 0.687. The molecule has 1 heterocycles. The van der Waals surface area contributed by atoms with E-state index in [-0.39, 0.29) is 12.6 Å². The van der Waals surface area contributed by atoms with Gasteiger partial charge in [-0.05, 0) is 6.42 Å². The van der Waals surface area contributed by atoms with E-state index in [1.54, 1.807) is 18.6 Å². The molecular weight excluding hydrogens is 166 g/mol. The number of nitrogens with zero attached hydrogens (tertiary/aromatic N) is 2. The minimum atomic E-state index is 0.155. The van der Waals surface area contributed by atoms with Gasteiger partial charge >= 0.3 is 0 Å². The van der Waals surface area contributed by atoms with Crippen LogP contribution in [0.3, 0.4) is 0 Å². The molecule has 0 aliphatic rings. The van der Waals surface area contributed by atoms with Crippen LogP contribution in [0.5, 0.6) is 0 Å². The second kappa shape index (κ2) is 5.61. The summed E-state index contributed by atoms with van der Waals surface area (Å²) in [7, 11) is 0. The molecule has 4 heteroatoms. The van der Waals surface area contributed by atoms with Crippen LogP contribution in [0.2, 0.25) is 0 Å². The van der Waals surface area contributed by atoms with Crippen molar-refractivity contribution in [2.75, 3.05) is 6.61 Å². The molecule has 1 rings (SSSR count). The Morgan fingerprint density at radius 2 is 2.38 bits per heavy atom. The van der Waals surface area contributed by atoms with Gasteiger partial charge in [0.05, 0.1) is 12.3 Å². The average molecular weight is 181 g/mol. The summed E-state index contributed by atoms with van der Waals surface area (Å²) >= 11 is 0. The number of aliphatic hydroxyl groups excluding tert-OH is 1. The molecule has 4 nitrogen and oxygen atoms in total. The van der Waals surface area contributed by atoms with Crippen molar-refractivity contribution in [3.63, 3.8) is 0 Å². The lowest BCUT2D eigenvalue weighted by Gasteiger charge is -2.12. The molecule has 1 atom stereocenters. The fourth-order valence-electron chi connectivity index (χ4n) is 1.01. The highest BCUT2D eigenvalue weighted by Gasteiger charge is 2.02. The maximum absolute atomic E-state index is 8.91. The van der Waals surface area contributed by atoms with Crippen LogP contribution in [-0.2, 0) is 6.54 Å². The number of hydrogen-bond donors (Lipinski definition) is 2. The van der Waals surface area contributed by atoms with E-state index in [1.165, 1.54) is 0 Å². The van der Waals surface area contributed by atoms with Crippen LogP contribution < -0.4 is 5.32 Å². The Morgan fingerprint density at radius 3 is 2.92 bits per heavy atom. The van der Waals surface area contributed by atoms with Gasteiger partial charge in [-0.25, -0.2) is 0 Å².